The van der Waals surface area contributed by atoms with Crippen LogP contribution in [0.5, 0.6) is 0 Å². The van der Waals surface area contributed by atoms with E-state index >= 15 is 0 Å². The molecule has 2 aliphatic heterocycles. The Bertz CT molecular complexity index is 510. The van der Waals surface area contributed by atoms with Crippen LogP contribution in [0.15, 0.2) is 34.2 Å². The van der Waals surface area contributed by atoms with Gasteiger partial charge in [0.2, 0.25) is 5.91 Å². The summed E-state index contributed by atoms with van der Waals surface area (Å²) >= 11 is 1.38. The molecule has 15 heavy (non-hydrogen) atoms. The molecule has 2 amide bonds. The minimum Gasteiger partial charge on any atom is -0.290 e. The van der Waals surface area contributed by atoms with Gasteiger partial charge in [-0.1, -0.05) is 12.1 Å². The van der Waals surface area contributed by atoms with Crippen LogP contribution in [0, 0.1) is 0 Å². The van der Waals surface area contributed by atoms with Crippen molar-refractivity contribution < 1.29 is 9.59 Å². The Hall–Kier alpha value is -1.62. The average molecular weight is 218 g/mol. The molecule has 1 saturated heterocycles. The number of hydrogen-bond donors (Lipinski definition) is 1. The van der Waals surface area contributed by atoms with Crippen molar-refractivity contribution in [3.63, 3.8) is 0 Å². The fraction of sp³-hybridized carbons (Fsp3) is 0.100. The molecule has 0 spiro atoms. The number of hydrogen-bond acceptors (Lipinski definition) is 4. The number of imide groups is 1. The highest BCUT2D eigenvalue weighted by atomic mass is 32.2. The molecule has 74 valence electrons. The molecule has 0 bridgehead atoms. The van der Waals surface area contributed by atoms with Crippen molar-refractivity contribution in [3.8, 4) is 0 Å². The number of amides is 2. The summed E-state index contributed by atoms with van der Waals surface area (Å²) in [6.45, 7) is 0. The van der Waals surface area contributed by atoms with Gasteiger partial charge in [-0.3, -0.25) is 14.9 Å². The zero-order chi connectivity index (χ0) is 10.4. The number of aliphatic imine (C=N–C) groups is 1. The van der Waals surface area contributed by atoms with Crippen LogP contribution in [0.25, 0.3) is 0 Å². The van der Waals surface area contributed by atoms with Crippen LogP contribution < -0.4 is 5.32 Å². The van der Waals surface area contributed by atoms with Gasteiger partial charge in [-0.05, 0) is 12.1 Å². The van der Waals surface area contributed by atoms with Gasteiger partial charge >= 0.3 is 0 Å². The number of nitrogens with zero attached hydrogens (tertiary/aromatic N) is 1. The zero-order valence-corrected chi connectivity index (χ0v) is 8.38. The van der Waals surface area contributed by atoms with Crippen LogP contribution in [0.2, 0.25) is 0 Å². The lowest BCUT2D eigenvalue weighted by molar-refractivity contribution is -0.123. The molecular formula is C10H6N2O2S. The first-order chi connectivity index (χ1) is 7.25. The van der Waals surface area contributed by atoms with E-state index in [1.54, 1.807) is 0 Å². The van der Waals surface area contributed by atoms with Gasteiger partial charge in [0.1, 0.15) is 11.0 Å². The van der Waals surface area contributed by atoms with Crippen molar-refractivity contribution in [2.24, 2.45) is 4.99 Å². The van der Waals surface area contributed by atoms with E-state index in [0.717, 1.165) is 10.6 Å². The lowest BCUT2D eigenvalue weighted by Gasteiger charge is -2.14. The van der Waals surface area contributed by atoms with E-state index in [2.05, 4.69) is 10.3 Å². The number of benzene rings is 1. The zero-order valence-electron chi connectivity index (χ0n) is 7.56. The number of fused-ring (bicyclic) bond motifs is 2. The van der Waals surface area contributed by atoms with Crippen molar-refractivity contribution in [2.45, 2.75) is 10.1 Å². The molecule has 0 aliphatic carbocycles. The Kier molecular flexibility index (Phi) is 1.70. The van der Waals surface area contributed by atoms with Crippen LogP contribution >= 0.6 is 11.8 Å². The monoisotopic (exact) mass is 218 g/mol. The summed E-state index contributed by atoms with van der Waals surface area (Å²) < 4.78 is 0. The van der Waals surface area contributed by atoms with Gasteiger partial charge in [0.05, 0.1) is 5.69 Å². The first-order valence-corrected chi connectivity index (χ1v) is 5.33. The first-order valence-electron chi connectivity index (χ1n) is 4.45. The Labute approximate surface area is 89.8 Å². The first kappa shape index (κ1) is 8.67. The van der Waals surface area contributed by atoms with E-state index in [1.165, 1.54) is 11.8 Å². The third kappa shape index (κ3) is 1.20. The fourth-order valence-electron chi connectivity index (χ4n) is 1.61. The van der Waals surface area contributed by atoms with Crippen LogP contribution in [0.3, 0.4) is 0 Å². The third-order valence-corrected chi connectivity index (χ3v) is 3.58. The molecule has 1 aromatic carbocycles. The number of para-hydroxylation sites is 1. The molecule has 1 N–H and O–H groups in total. The van der Waals surface area contributed by atoms with Crippen molar-refractivity contribution in [2.75, 3.05) is 0 Å². The molecule has 0 saturated carbocycles. The largest absolute Gasteiger partial charge is 0.290 e. The van der Waals surface area contributed by atoms with E-state index in [-0.39, 0.29) is 11.8 Å². The Balaban J connectivity index is 2.16. The highest BCUT2D eigenvalue weighted by Crippen LogP contribution is 2.38. The number of thioether (sulfide) groups is 1. The summed E-state index contributed by atoms with van der Waals surface area (Å²) in [4.78, 5) is 27.9. The maximum atomic E-state index is 11.4. The molecule has 1 fully saturated rings. The van der Waals surface area contributed by atoms with E-state index < -0.39 is 5.25 Å². The Morgan fingerprint density at radius 2 is 2.07 bits per heavy atom. The van der Waals surface area contributed by atoms with Crippen LogP contribution in [0.1, 0.15) is 0 Å². The van der Waals surface area contributed by atoms with Crippen molar-refractivity contribution in [1.29, 1.82) is 0 Å². The maximum absolute atomic E-state index is 11.4. The normalized spacial score (nSPS) is 22.9. The molecule has 4 nitrogen and oxygen atoms in total. The molecule has 2 aliphatic rings. The highest BCUT2D eigenvalue weighted by molar-refractivity contribution is 8.01. The molecule has 1 atom stereocenters. The molecular weight excluding hydrogens is 212 g/mol. The quantitative estimate of drug-likeness (QED) is 0.658. The summed E-state index contributed by atoms with van der Waals surface area (Å²) in [6, 6.07) is 7.48. The predicted molar refractivity (Wildman–Crippen MR) is 56.3 cm³/mol. The fourth-order valence-corrected chi connectivity index (χ4v) is 2.69. The second kappa shape index (κ2) is 2.93. The molecule has 0 aromatic heterocycles. The number of rotatable bonds is 0. The molecule has 1 unspecified atom stereocenters. The minimum absolute atomic E-state index is 0.266. The maximum Gasteiger partial charge on any atom is 0.274 e. The summed E-state index contributed by atoms with van der Waals surface area (Å²) in [5, 5.41) is 1.80. The Morgan fingerprint density at radius 3 is 2.93 bits per heavy atom. The standard InChI is InChI=1S/C10H6N2O2S/c13-9-7-8(10(14)12-9)15-6-4-2-1-3-5(6)11-7/h1-4,8H,(H,12,13,14). The second-order valence-electron chi connectivity index (χ2n) is 3.28. The Morgan fingerprint density at radius 1 is 1.27 bits per heavy atom. The van der Waals surface area contributed by atoms with Crippen LogP contribution in [-0.2, 0) is 9.59 Å². The second-order valence-corrected chi connectivity index (χ2v) is 4.43. The molecule has 1 aromatic rings. The molecule has 0 radical (unpaired) electrons. The SMILES string of the molecule is O=C1NC(=O)C2Sc3ccccc3N=C12. The third-order valence-electron chi connectivity index (χ3n) is 2.31. The van der Waals surface area contributed by atoms with E-state index in [1.807, 2.05) is 24.3 Å². The van der Waals surface area contributed by atoms with Gasteiger partial charge in [-0.15, -0.1) is 11.8 Å². The van der Waals surface area contributed by atoms with Crippen molar-refractivity contribution in [3.05, 3.63) is 24.3 Å². The van der Waals surface area contributed by atoms with Crippen LogP contribution in [0.4, 0.5) is 5.69 Å². The molecule has 3 rings (SSSR count). The van der Waals surface area contributed by atoms with E-state index in [9.17, 15) is 9.59 Å². The van der Waals surface area contributed by atoms with Gasteiger partial charge in [0, 0.05) is 4.90 Å². The molecule has 5 heteroatoms. The lowest BCUT2D eigenvalue weighted by atomic mass is 10.2. The lowest BCUT2D eigenvalue weighted by Crippen LogP contribution is -2.23. The van der Waals surface area contributed by atoms with Crippen LogP contribution in [-0.4, -0.2) is 22.8 Å². The summed E-state index contributed by atoms with van der Waals surface area (Å²) in [5.74, 6) is -0.634. The topological polar surface area (TPSA) is 58.5 Å². The number of carbonyl (C=O) groups is 2. The van der Waals surface area contributed by atoms with E-state index in [4.69, 9.17) is 0 Å². The smallest absolute Gasteiger partial charge is 0.274 e. The van der Waals surface area contributed by atoms with E-state index in [0.29, 0.717) is 5.71 Å². The van der Waals surface area contributed by atoms with Gasteiger partial charge in [-0.25, -0.2) is 4.99 Å². The predicted octanol–water partition coefficient (Wildman–Crippen LogP) is 0.890. The summed E-state index contributed by atoms with van der Waals surface area (Å²) in [6.07, 6.45) is 0. The van der Waals surface area contributed by atoms with Gasteiger partial charge in [-0.2, -0.15) is 0 Å². The summed E-state index contributed by atoms with van der Waals surface area (Å²) in [7, 11) is 0. The average Bonchev–Trinajstić information content (AvgIpc) is 2.52. The van der Waals surface area contributed by atoms with Gasteiger partial charge in [0.15, 0.2) is 0 Å². The summed E-state index contributed by atoms with van der Waals surface area (Å²) in [5.41, 5.74) is 1.09. The number of nitrogens with one attached hydrogen (secondary N) is 1. The molecule has 2 heterocycles. The minimum atomic E-state index is -0.465. The van der Waals surface area contributed by atoms with Crippen molar-refractivity contribution >= 4 is 35.0 Å². The number of carbonyl (C=O) groups excluding carboxylic acids is 2. The van der Waals surface area contributed by atoms with Crippen molar-refractivity contribution in [1.82, 2.24) is 5.32 Å². The van der Waals surface area contributed by atoms with Gasteiger partial charge < -0.3 is 0 Å². The van der Waals surface area contributed by atoms with Gasteiger partial charge in [0.25, 0.3) is 5.91 Å². The highest BCUT2D eigenvalue weighted by Gasteiger charge is 2.41.